The minimum absolute atomic E-state index is 0.121. The van der Waals surface area contributed by atoms with Crippen molar-refractivity contribution < 1.29 is 24.0 Å². The zero-order valence-electron chi connectivity index (χ0n) is 16.0. The van der Waals surface area contributed by atoms with Gasteiger partial charge in [-0.2, -0.15) is 0 Å². The molecule has 0 saturated heterocycles. The molecule has 0 atom stereocenters. The summed E-state index contributed by atoms with van der Waals surface area (Å²) in [7, 11) is 0. The first-order valence-electron chi connectivity index (χ1n) is 8.96. The van der Waals surface area contributed by atoms with Crippen LogP contribution < -0.4 is 4.74 Å². The highest BCUT2D eigenvalue weighted by Crippen LogP contribution is 2.28. The summed E-state index contributed by atoms with van der Waals surface area (Å²) >= 11 is 0. The number of hydrogen-bond donors (Lipinski definition) is 0. The molecule has 0 N–H and O–H groups in total. The summed E-state index contributed by atoms with van der Waals surface area (Å²) in [5.41, 5.74) is 0.369. The van der Waals surface area contributed by atoms with Crippen molar-refractivity contribution in [2.45, 2.75) is 33.6 Å². The van der Waals surface area contributed by atoms with E-state index in [1.807, 2.05) is 13.8 Å². The smallest absolute Gasteiger partial charge is 0.311 e. The third-order valence-corrected chi connectivity index (χ3v) is 3.64. The number of hydrogen-bond acceptors (Lipinski definition) is 6. The van der Waals surface area contributed by atoms with E-state index in [-0.39, 0.29) is 36.3 Å². The molecule has 8 nitrogen and oxygen atoms in total. The number of carbonyl (C=O) groups excluding carboxylic acids is 2. The van der Waals surface area contributed by atoms with Gasteiger partial charge in [-0.3, -0.25) is 19.7 Å². The van der Waals surface area contributed by atoms with Crippen molar-refractivity contribution in [2.75, 3.05) is 26.3 Å². The van der Waals surface area contributed by atoms with Gasteiger partial charge in [0.25, 0.3) is 0 Å². The topological polar surface area (TPSA) is 99.0 Å². The summed E-state index contributed by atoms with van der Waals surface area (Å²) in [6.45, 7) is 6.82. The van der Waals surface area contributed by atoms with Crippen LogP contribution >= 0.6 is 0 Å². The van der Waals surface area contributed by atoms with Gasteiger partial charge < -0.3 is 14.4 Å². The minimum atomic E-state index is -0.512. The average Bonchev–Trinajstić information content (AvgIpc) is 2.65. The molecular formula is C19H26N2O6. The highest BCUT2D eigenvalue weighted by Gasteiger charge is 2.16. The molecular weight excluding hydrogens is 352 g/mol. The molecule has 27 heavy (non-hydrogen) atoms. The molecule has 0 radical (unpaired) electrons. The Bertz CT molecular complexity index is 687. The van der Waals surface area contributed by atoms with E-state index in [2.05, 4.69) is 0 Å². The van der Waals surface area contributed by atoms with E-state index in [1.165, 1.54) is 29.2 Å². The summed E-state index contributed by atoms with van der Waals surface area (Å²) in [6, 6.07) is 4.54. The van der Waals surface area contributed by atoms with Crippen LogP contribution in [0, 0.1) is 10.1 Å². The van der Waals surface area contributed by atoms with Gasteiger partial charge in [0.15, 0.2) is 5.75 Å². The van der Waals surface area contributed by atoms with Crippen molar-refractivity contribution in [2.24, 2.45) is 0 Å². The van der Waals surface area contributed by atoms with Crippen molar-refractivity contribution in [1.82, 2.24) is 4.90 Å². The molecule has 0 aliphatic heterocycles. The van der Waals surface area contributed by atoms with E-state index in [1.54, 1.807) is 13.0 Å². The summed E-state index contributed by atoms with van der Waals surface area (Å²) in [4.78, 5) is 35.9. The number of nitro groups is 1. The number of nitrogens with zero attached hydrogens (tertiary/aromatic N) is 2. The molecule has 1 aromatic carbocycles. The highest BCUT2D eigenvalue weighted by atomic mass is 16.6. The van der Waals surface area contributed by atoms with Crippen molar-refractivity contribution in [3.8, 4) is 5.75 Å². The van der Waals surface area contributed by atoms with Crippen LogP contribution in [0.3, 0.4) is 0 Å². The Morgan fingerprint density at radius 1 is 1.26 bits per heavy atom. The fourth-order valence-corrected chi connectivity index (χ4v) is 2.27. The molecule has 148 valence electrons. The van der Waals surface area contributed by atoms with Crippen LogP contribution in [0.5, 0.6) is 5.75 Å². The van der Waals surface area contributed by atoms with Gasteiger partial charge in [0, 0.05) is 25.2 Å². The van der Waals surface area contributed by atoms with E-state index < -0.39 is 4.92 Å². The van der Waals surface area contributed by atoms with Gasteiger partial charge >= 0.3 is 11.7 Å². The van der Waals surface area contributed by atoms with E-state index in [0.29, 0.717) is 25.3 Å². The fourth-order valence-electron chi connectivity index (χ4n) is 2.27. The first kappa shape index (κ1) is 22.1. The van der Waals surface area contributed by atoms with Crippen molar-refractivity contribution >= 4 is 23.6 Å². The van der Waals surface area contributed by atoms with Crippen molar-refractivity contribution in [3.63, 3.8) is 0 Å². The number of ether oxygens (including phenoxy) is 2. The molecule has 0 spiro atoms. The number of benzene rings is 1. The first-order chi connectivity index (χ1) is 12.9. The summed E-state index contributed by atoms with van der Waals surface area (Å²) in [5.74, 6) is -0.434. The van der Waals surface area contributed by atoms with Crippen LogP contribution in [0.1, 0.15) is 39.2 Å². The van der Waals surface area contributed by atoms with Crippen molar-refractivity contribution in [3.05, 3.63) is 40.0 Å². The molecule has 0 saturated carbocycles. The zero-order chi connectivity index (χ0) is 20.2. The molecule has 0 bridgehead atoms. The fraction of sp³-hybridized carbons (Fsp3) is 0.474. The van der Waals surface area contributed by atoms with Gasteiger partial charge in [0.1, 0.15) is 0 Å². The third kappa shape index (κ3) is 7.47. The van der Waals surface area contributed by atoms with Gasteiger partial charge in [-0.15, -0.1) is 0 Å². The zero-order valence-corrected chi connectivity index (χ0v) is 16.0. The van der Waals surface area contributed by atoms with Gasteiger partial charge in [-0.25, -0.2) is 0 Å². The second-order valence-electron chi connectivity index (χ2n) is 5.64. The van der Waals surface area contributed by atoms with Crippen LogP contribution in [0.25, 0.3) is 6.08 Å². The van der Waals surface area contributed by atoms with Gasteiger partial charge in [-0.05, 0) is 38.0 Å². The molecule has 0 aliphatic carbocycles. The Kier molecular flexibility index (Phi) is 9.57. The monoisotopic (exact) mass is 378 g/mol. The maximum atomic E-state index is 12.3. The summed E-state index contributed by atoms with van der Waals surface area (Å²) in [6.07, 6.45) is 3.70. The largest absolute Gasteiger partial charge is 0.487 e. The average molecular weight is 378 g/mol. The van der Waals surface area contributed by atoms with E-state index in [4.69, 9.17) is 9.47 Å². The van der Waals surface area contributed by atoms with E-state index >= 15 is 0 Å². The lowest BCUT2D eigenvalue weighted by Gasteiger charge is -2.18. The minimum Gasteiger partial charge on any atom is -0.487 e. The van der Waals surface area contributed by atoms with Crippen molar-refractivity contribution in [1.29, 1.82) is 0 Å². The highest BCUT2D eigenvalue weighted by molar-refractivity contribution is 5.92. The summed E-state index contributed by atoms with van der Waals surface area (Å²) in [5, 5.41) is 11.2. The SMILES string of the molecule is CCCOc1ccc(/C=C/C(=O)N(CC)CCC(=O)OCC)cc1[N+](=O)[O-]. The van der Waals surface area contributed by atoms with Gasteiger partial charge in [-0.1, -0.05) is 13.0 Å². The Labute approximate surface area is 158 Å². The van der Waals surface area contributed by atoms with Crippen LogP contribution in [0.2, 0.25) is 0 Å². The van der Waals surface area contributed by atoms with Crippen LogP contribution in [-0.4, -0.2) is 48.0 Å². The Morgan fingerprint density at radius 3 is 2.59 bits per heavy atom. The first-order valence-corrected chi connectivity index (χ1v) is 8.96. The number of rotatable bonds is 11. The molecule has 0 heterocycles. The Balaban J connectivity index is 2.81. The molecule has 0 fully saturated rings. The van der Waals surface area contributed by atoms with Crippen LogP contribution in [0.4, 0.5) is 5.69 Å². The normalized spacial score (nSPS) is 10.6. The molecule has 1 aromatic rings. The maximum absolute atomic E-state index is 12.3. The second-order valence-corrected chi connectivity index (χ2v) is 5.64. The second kappa shape index (κ2) is 11.7. The number of esters is 1. The molecule has 0 unspecified atom stereocenters. The lowest BCUT2D eigenvalue weighted by molar-refractivity contribution is -0.385. The lowest BCUT2D eigenvalue weighted by atomic mass is 10.1. The molecule has 1 rings (SSSR count). The van der Waals surface area contributed by atoms with Crippen LogP contribution in [-0.2, 0) is 14.3 Å². The maximum Gasteiger partial charge on any atom is 0.311 e. The predicted molar refractivity (Wildman–Crippen MR) is 101 cm³/mol. The van der Waals surface area contributed by atoms with Gasteiger partial charge in [0.2, 0.25) is 5.91 Å². The molecule has 0 aliphatic rings. The quantitative estimate of drug-likeness (QED) is 0.254. The molecule has 0 aromatic heterocycles. The standard InChI is InChI=1S/C19H26N2O6/c1-4-13-27-17-9-7-15(14-16(17)21(24)25)8-10-18(22)20(5-2)12-11-19(23)26-6-3/h7-10,14H,4-6,11-13H2,1-3H3/b10-8+. The number of carbonyl (C=O) groups is 2. The number of likely N-dealkylation sites (N-methyl/N-ethyl adjacent to an activating group) is 1. The molecule has 1 amide bonds. The summed E-state index contributed by atoms with van der Waals surface area (Å²) < 4.78 is 10.2. The Hall–Kier alpha value is -2.90. The Morgan fingerprint density at radius 2 is 2.00 bits per heavy atom. The molecule has 8 heteroatoms. The lowest BCUT2D eigenvalue weighted by Crippen LogP contribution is -2.31. The van der Waals surface area contributed by atoms with E-state index in [9.17, 15) is 19.7 Å². The predicted octanol–water partition coefficient (Wildman–Crippen LogP) is 3.20. The number of amides is 1. The van der Waals surface area contributed by atoms with Gasteiger partial charge in [0.05, 0.1) is 24.6 Å². The third-order valence-electron chi connectivity index (χ3n) is 3.64. The van der Waals surface area contributed by atoms with E-state index in [0.717, 1.165) is 6.42 Å². The van der Waals surface area contributed by atoms with Crippen LogP contribution in [0.15, 0.2) is 24.3 Å². The number of nitro benzene ring substituents is 1.